The molecule has 1 atom stereocenters. The largest absolute Gasteiger partial charge is 0.264 e. The number of aromatic nitrogens is 1. The number of hydrogen-bond acceptors (Lipinski definition) is 5. The first-order chi connectivity index (χ1) is 11.3. The Labute approximate surface area is 146 Å². The third-order valence-electron chi connectivity index (χ3n) is 3.44. The molecule has 0 saturated carbocycles. The van der Waals surface area contributed by atoms with Gasteiger partial charge in [-0.2, -0.15) is 0 Å². The van der Waals surface area contributed by atoms with Gasteiger partial charge in [-0.25, -0.2) is 21.6 Å². The number of hydrogen-bond donors (Lipinski definition) is 1. The third kappa shape index (κ3) is 4.54. The second-order valence-electron chi connectivity index (χ2n) is 5.03. The van der Waals surface area contributed by atoms with Gasteiger partial charge in [0.25, 0.3) is 0 Å². The number of pyridine rings is 1. The zero-order chi connectivity index (χ0) is 17.8. The quantitative estimate of drug-likeness (QED) is 0.784. The average Bonchev–Trinajstić information content (AvgIpc) is 2.56. The molecule has 24 heavy (non-hydrogen) atoms. The first-order valence-corrected chi connectivity index (χ1v) is 10.7. The summed E-state index contributed by atoms with van der Waals surface area (Å²) in [5, 5.41) is -0.674. The normalized spacial score (nSPS) is 13.6. The van der Waals surface area contributed by atoms with E-state index in [1.165, 1.54) is 43.6 Å². The Morgan fingerprint density at radius 2 is 1.79 bits per heavy atom. The number of rotatable bonds is 7. The predicted octanol–water partition coefficient (Wildman–Crippen LogP) is 2.19. The van der Waals surface area contributed by atoms with Gasteiger partial charge in [0.05, 0.1) is 10.6 Å². The highest BCUT2D eigenvalue weighted by Gasteiger charge is 2.30. The van der Waals surface area contributed by atoms with Crippen molar-refractivity contribution >= 4 is 31.5 Å². The summed E-state index contributed by atoms with van der Waals surface area (Å²) >= 11 is 5.80. The molecule has 0 radical (unpaired) electrons. The molecule has 0 amide bonds. The van der Waals surface area contributed by atoms with Gasteiger partial charge < -0.3 is 0 Å². The topological polar surface area (TPSA) is 93.2 Å². The highest BCUT2D eigenvalue weighted by molar-refractivity contribution is 7.92. The fourth-order valence-corrected chi connectivity index (χ4v) is 4.57. The molecule has 1 heterocycles. The first-order valence-electron chi connectivity index (χ1n) is 7.13. The van der Waals surface area contributed by atoms with Gasteiger partial charge in [-0.1, -0.05) is 17.7 Å². The van der Waals surface area contributed by atoms with Crippen LogP contribution in [0.5, 0.6) is 0 Å². The van der Waals surface area contributed by atoms with Crippen LogP contribution in [-0.2, 0) is 19.9 Å². The molecule has 1 aromatic heterocycles. The Morgan fingerprint density at radius 3 is 2.33 bits per heavy atom. The zero-order valence-electron chi connectivity index (χ0n) is 12.9. The number of benzene rings is 1. The van der Waals surface area contributed by atoms with Crippen LogP contribution in [0.1, 0.15) is 17.7 Å². The summed E-state index contributed by atoms with van der Waals surface area (Å²) < 4.78 is 51.6. The molecular weight excluding hydrogens is 372 g/mol. The van der Waals surface area contributed by atoms with Gasteiger partial charge in [0, 0.05) is 24.0 Å². The Balaban J connectivity index is 2.43. The molecule has 130 valence electrons. The van der Waals surface area contributed by atoms with E-state index in [1.54, 1.807) is 12.1 Å². The van der Waals surface area contributed by atoms with Crippen LogP contribution in [0, 0.1) is 0 Å². The Morgan fingerprint density at radius 1 is 1.12 bits per heavy atom. The second-order valence-corrected chi connectivity index (χ2v) is 9.69. The molecule has 0 bridgehead atoms. The van der Waals surface area contributed by atoms with Gasteiger partial charge in [0.2, 0.25) is 10.0 Å². The van der Waals surface area contributed by atoms with Crippen molar-refractivity contribution in [1.82, 2.24) is 9.71 Å². The number of nitrogens with one attached hydrogen (secondary N) is 1. The van der Waals surface area contributed by atoms with Crippen molar-refractivity contribution in [3.63, 3.8) is 0 Å². The number of nitrogens with zero attached hydrogens (tertiary/aromatic N) is 1. The number of sulfone groups is 1. The molecule has 0 fully saturated rings. The summed E-state index contributed by atoms with van der Waals surface area (Å²) in [6, 6.07) is 8.96. The zero-order valence-corrected chi connectivity index (χ0v) is 15.3. The molecule has 1 N–H and O–H groups in total. The highest BCUT2D eigenvalue weighted by atomic mass is 35.5. The van der Waals surface area contributed by atoms with Crippen molar-refractivity contribution in [3.8, 4) is 0 Å². The molecule has 2 aromatic rings. The van der Waals surface area contributed by atoms with Gasteiger partial charge in [-0.15, -0.1) is 0 Å². The molecular formula is C15H17ClN2O4S2. The molecule has 6 nitrogen and oxygen atoms in total. The maximum atomic E-state index is 12.9. The lowest BCUT2D eigenvalue weighted by Gasteiger charge is -2.18. The van der Waals surface area contributed by atoms with Crippen molar-refractivity contribution in [2.75, 3.05) is 12.3 Å². The second kappa shape index (κ2) is 7.60. The maximum Gasteiger partial charge on any atom is 0.211 e. The van der Waals surface area contributed by atoms with Crippen LogP contribution in [0.15, 0.2) is 53.7 Å². The van der Waals surface area contributed by atoms with Crippen molar-refractivity contribution in [3.05, 3.63) is 59.4 Å². The summed E-state index contributed by atoms with van der Waals surface area (Å²) in [4.78, 5) is 3.99. The minimum atomic E-state index is -3.83. The van der Waals surface area contributed by atoms with Gasteiger partial charge in [0.1, 0.15) is 5.25 Å². The standard InChI is InChI=1S/C15H17ClN2O4S2/c1-2-23(19,20)18-11-15(12-4-3-9-17-10-12)24(21,22)14-7-5-13(16)6-8-14/h3-10,15,18H,2,11H2,1H3/t15-/m0/s1. The molecule has 2 rings (SSSR count). The third-order valence-corrected chi connectivity index (χ3v) is 7.18. The van der Waals surface area contributed by atoms with Crippen LogP contribution < -0.4 is 4.72 Å². The number of sulfonamides is 1. The minimum Gasteiger partial charge on any atom is -0.264 e. The Kier molecular flexibility index (Phi) is 5.97. The van der Waals surface area contributed by atoms with Gasteiger partial charge in [-0.3, -0.25) is 4.98 Å². The van der Waals surface area contributed by atoms with E-state index in [9.17, 15) is 16.8 Å². The van der Waals surface area contributed by atoms with Crippen LogP contribution in [0.2, 0.25) is 5.02 Å². The summed E-state index contributed by atoms with van der Waals surface area (Å²) in [7, 11) is -7.35. The van der Waals surface area contributed by atoms with Crippen LogP contribution in [-0.4, -0.2) is 34.1 Å². The minimum absolute atomic E-state index is 0.0662. The van der Waals surface area contributed by atoms with E-state index in [0.29, 0.717) is 10.6 Å². The van der Waals surface area contributed by atoms with Crippen LogP contribution in [0.4, 0.5) is 0 Å². The Bertz CT molecular complexity index is 883. The molecule has 0 aliphatic heterocycles. The van der Waals surface area contributed by atoms with E-state index >= 15 is 0 Å². The fourth-order valence-electron chi connectivity index (χ4n) is 2.07. The molecule has 1 aromatic carbocycles. The SMILES string of the molecule is CCS(=O)(=O)NC[C@@H](c1cccnc1)S(=O)(=O)c1ccc(Cl)cc1. The van der Waals surface area contributed by atoms with Gasteiger partial charge in [0.15, 0.2) is 9.84 Å². The van der Waals surface area contributed by atoms with Crippen molar-refractivity contribution < 1.29 is 16.8 Å². The van der Waals surface area contributed by atoms with E-state index < -0.39 is 25.1 Å². The lowest BCUT2D eigenvalue weighted by molar-refractivity contribution is 0.569. The lowest BCUT2D eigenvalue weighted by atomic mass is 10.2. The molecule has 0 spiro atoms. The highest BCUT2D eigenvalue weighted by Crippen LogP contribution is 2.29. The average molecular weight is 389 g/mol. The first kappa shape index (κ1) is 18.9. The van der Waals surface area contributed by atoms with Crippen LogP contribution in [0.3, 0.4) is 0 Å². The summed E-state index contributed by atoms with van der Waals surface area (Å²) in [6.07, 6.45) is 2.93. The lowest BCUT2D eigenvalue weighted by Crippen LogP contribution is -2.33. The van der Waals surface area contributed by atoms with E-state index in [2.05, 4.69) is 9.71 Å². The molecule has 9 heteroatoms. The molecule has 0 saturated heterocycles. The van der Waals surface area contributed by atoms with E-state index in [0.717, 1.165) is 0 Å². The van der Waals surface area contributed by atoms with Crippen molar-refractivity contribution in [2.45, 2.75) is 17.1 Å². The van der Waals surface area contributed by atoms with Crippen LogP contribution >= 0.6 is 11.6 Å². The van der Waals surface area contributed by atoms with E-state index in [1.807, 2.05) is 0 Å². The fraction of sp³-hybridized carbons (Fsp3) is 0.267. The molecule has 0 aliphatic rings. The summed E-state index contributed by atoms with van der Waals surface area (Å²) in [5.74, 6) is -0.131. The van der Waals surface area contributed by atoms with Gasteiger partial charge >= 0.3 is 0 Å². The summed E-state index contributed by atoms with van der Waals surface area (Å²) in [6.45, 7) is 1.21. The smallest absolute Gasteiger partial charge is 0.211 e. The summed E-state index contributed by atoms with van der Waals surface area (Å²) in [5.41, 5.74) is 0.409. The van der Waals surface area contributed by atoms with Crippen molar-refractivity contribution in [2.24, 2.45) is 0 Å². The maximum absolute atomic E-state index is 12.9. The monoisotopic (exact) mass is 388 g/mol. The van der Waals surface area contributed by atoms with Gasteiger partial charge in [-0.05, 0) is 42.8 Å². The van der Waals surface area contributed by atoms with E-state index in [-0.39, 0.29) is 17.2 Å². The number of halogens is 1. The van der Waals surface area contributed by atoms with Crippen LogP contribution in [0.25, 0.3) is 0 Å². The van der Waals surface area contributed by atoms with E-state index in [4.69, 9.17) is 11.6 Å². The van der Waals surface area contributed by atoms with Crippen molar-refractivity contribution in [1.29, 1.82) is 0 Å². The Hall–Kier alpha value is -1.48. The molecule has 0 aliphatic carbocycles. The molecule has 0 unspecified atom stereocenters. The predicted molar refractivity (Wildman–Crippen MR) is 93.1 cm³/mol.